The van der Waals surface area contributed by atoms with E-state index in [0.717, 1.165) is 11.1 Å². The summed E-state index contributed by atoms with van der Waals surface area (Å²) in [6.07, 6.45) is 1.47. The maximum atomic E-state index is 12.3. The van der Waals surface area contributed by atoms with Gasteiger partial charge in [-0.05, 0) is 66.9 Å². The van der Waals surface area contributed by atoms with E-state index >= 15 is 0 Å². The van der Waals surface area contributed by atoms with E-state index in [0.29, 0.717) is 50.9 Å². The molecular formula is C24H21Cl3N2O3. The van der Waals surface area contributed by atoms with Gasteiger partial charge in [0.05, 0.1) is 28.4 Å². The Morgan fingerprint density at radius 1 is 1.00 bits per heavy atom. The van der Waals surface area contributed by atoms with E-state index in [4.69, 9.17) is 44.3 Å². The number of carbonyl (C=O) groups excluding carboxylic acids is 1. The van der Waals surface area contributed by atoms with Crippen molar-refractivity contribution in [3.8, 4) is 11.5 Å². The summed E-state index contributed by atoms with van der Waals surface area (Å²) >= 11 is 18.5. The van der Waals surface area contributed by atoms with Gasteiger partial charge in [-0.2, -0.15) is 5.10 Å². The number of hydrazone groups is 1. The Balaban J connectivity index is 1.72. The van der Waals surface area contributed by atoms with Crippen LogP contribution in [0.1, 0.15) is 34.0 Å². The second-order valence-corrected chi connectivity index (χ2v) is 8.11. The first-order valence-corrected chi connectivity index (χ1v) is 10.9. The number of aryl methyl sites for hydroxylation is 1. The molecule has 8 heteroatoms. The number of amides is 1. The van der Waals surface area contributed by atoms with Crippen molar-refractivity contribution in [3.63, 3.8) is 0 Å². The summed E-state index contributed by atoms with van der Waals surface area (Å²) in [6.45, 7) is 4.49. The Morgan fingerprint density at radius 3 is 2.44 bits per heavy atom. The molecule has 0 atom stereocenters. The van der Waals surface area contributed by atoms with Crippen molar-refractivity contribution < 1.29 is 14.3 Å². The van der Waals surface area contributed by atoms with Gasteiger partial charge in [0.2, 0.25) is 0 Å². The molecule has 0 aromatic heterocycles. The first-order valence-electron chi connectivity index (χ1n) is 9.80. The average molecular weight is 492 g/mol. The van der Waals surface area contributed by atoms with Crippen LogP contribution in [0.3, 0.4) is 0 Å². The van der Waals surface area contributed by atoms with E-state index in [2.05, 4.69) is 10.5 Å². The summed E-state index contributed by atoms with van der Waals surface area (Å²) in [5.74, 6) is 0.490. The minimum atomic E-state index is -0.412. The molecule has 5 nitrogen and oxygen atoms in total. The van der Waals surface area contributed by atoms with Gasteiger partial charge in [-0.15, -0.1) is 0 Å². The van der Waals surface area contributed by atoms with Gasteiger partial charge in [0.15, 0.2) is 11.5 Å². The molecule has 3 rings (SSSR count). The highest BCUT2D eigenvalue weighted by Crippen LogP contribution is 2.37. The van der Waals surface area contributed by atoms with Gasteiger partial charge in [-0.25, -0.2) is 5.43 Å². The van der Waals surface area contributed by atoms with Crippen LogP contribution in [0.25, 0.3) is 0 Å². The number of hydrogen-bond acceptors (Lipinski definition) is 4. The molecule has 32 heavy (non-hydrogen) atoms. The highest BCUT2D eigenvalue weighted by molar-refractivity contribution is 6.34. The molecule has 166 valence electrons. The maximum absolute atomic E-state index is 12.3. The van der Waals surface area contributed by atoms with Gasteiger partial charge < -0.3 is 9.47 Å². The average Bonchev–Trinajstić information content (AvgIpc) is 2.74. The summed E-state index contributed by atoms with van der Waals surface area (Å²) in [6, 6.07) is 15.9. The lowest BCUT2D eigenvalue weighted by Crippen LogP contribution is -2.18. The van der Waals surface area contributed by atoms with Crippen molar-refractivity contribution in [2.24, 2.45) is 5.10 Å². The van der Waals surface area contributed by atoms with Crippen LogP contribution in [0.5, 0.6) is 11.5 Å². The molecule has 0 aliphatic carbocycles. The summed E-state index contributed by atoms with van der Waals surface area (Å²) in [5.41, 5.74) is 5.34. The molecule has 3 aromatic rings. The standard InChI is InChI=1S/C24H21Cl3N2O3/c1-3-31-22-12-17(13-28-29-24(30)19-9-4-15(2)10-20(19)26)11-21(27)23(22)32-14-16-5-7-18(25)8-6-16/h4-13H,3,14H2,1-2H3,(H,29,30)/b28-13-. The predicted molar refractivity (Wildman–Crippen MR) is 130 cm³/mol. The molecule has 0 saturated heterocycles. The fraction of sp³-hybridized carbons (Fsp3) is 0.167. The van der Waals surface area contributed by atoms with Crippen LogP contribution in [0.15, 0.2) is 59.7 Å². The van der Waals surface area contributed by atoms with Crippen LogP contribution >= 0.6 is 34.8 Å². The lowest BCUT2D eigenvalue weighted by atomic mass is 10.1. The Morgan fingerprint density at radius 2 is 1.75 bits per heavy atom. The number of nitrogens with zero attached hydrogens (tertiary/aromatic N) is 1. The largest absolute Gasteiger partial charge is 0.490 e. The predicted octanol–water partition coefficient (Wildman–Crippen LogP) is 6.70. The van der Waals surface area contributed by atoms with Gasteiger partial charge >= 0.3 is 0 Å². The number of ether oxygens (including phenoxy) is 2. The fourth-order valence-corrected chi connectivity index (χ4v) is 3.55. The molecule has 0 aliphatic rings. The molecule has 0 aliphatic heterocycles. The van der Waals surface area contributed by atoms with E-state index in [1.807, 2.05) is 26.0 Å². The van der Waals surface area contributed by atoms with Crippen molar-refractivity contribution in [1.82, 2.24) is 5.43 Å². The number of halogens is 3. The minimum absolute atomic E-state index is 0.303. The summed E-state index contributed by atoms with van der Waals surface area (Å²) in [5, 5.41) is 5.38. The molecular weight excluding hydrogens is 471 g/mol. The number of hydrogen-bond donors (Lipinski definition) is 1. The van der Waals surface area contributed by atoms with Gasteiger partial charge in [-0.3, -0.25) is 4.79 Å². The maximum Gasteiger partial charge on any atom is 0.272 e. The lowest BCUT2D eigenvalue weighted by molar-refractivity contribution is 0.0955. The van der Waals surface area contributed by atoms with Crippen molar-refractivity contribution in [3.05, 3.63) is 91.9 Å². The van der Waals surface area contributed by atoms with E-state index in [9.17, 15) is 4.79 Å². The number of rotatable bonds is 8. The molecule has 0 heterocycles. The normalized spacial score (nSPS) is 10.9. The lowest BCUT2D eigenvalue weighted by Gasteiger charge is -2.14. The first kappa shape index (κ1) is 23.9. The SMILES string of the molecule is CCOc1cc(/C=N\NC(=O)c2ccc(C)cc2Cl)cc(Cl)c1OCc1ccc(Cl)cc1. The molecule has 0 spiro atoms. The zero-order valence-corrected chi connectivity index (χ0v) is 19.8. The number of nitrogens with one attached hydrogen (secondary N) is 1. The fourth-order valence-electron chi connectivity index (χ4n) is 2.83. The Labute approximate surface area is 201 Å². The third-order valence-electron chi connectivity index (χ3n) is 4.38. The quantitative estimate of drug-likeness (QED) is 0.282. The van der Waals surface area contributed by atoms with Crippen LogP contribution in [0.4, 0.5) is 0 Å². The third-order valence-corrected chi connectivity index (χ3v) is 5.22. The van der Waals surface area contributed by atoms with Crippen molar-refractivity contribution in [1.29, 1.82) is 0 Å². The molecule has 0 fully saturated rings. The van der Waals surface area contributed by atoms with E-state index in [1.54, 1.807) is 42.5 Å². The van der Waals surface area contributed by atoms with Gasteiger partial charge in [-0.1, -0.05) is 53.0 Å². The van der Waals surface area contributed by atoms with E-state index in [-0.39, 0.29) is 0 Å². The van der Waals surface area contributed by atoms with Crippen molar-refractivity contribution in [2.75, 3.05) is 6.61 Å². The second-order valence-electron chi connectivity index (χ2n) is 6.86. The molecule has 1 N–H and O–H groups in total. The third kappa shape index (κ3) is 6.39. The highest BCUT2D eigenvalue weighted by atomic mass is 35.5. The van der Waals surface area contributed by atoms with Gasteiger partial charge in [0.25, 0.3) is 5.91 Å². The number of benzene rings is 3. The van der Waals surface area contributed by atoms with Crippen LogP contribution in [-0.4, -0.2) is 18.7 Å². The van der Waals surface area contributed by atoms with Crippen molar-refractivity contribution in [2.45, 2.75) is 20.5 Å². The smallest absolute Gasteiger partial charge is 0.272 e. The van der Waals surface area contributed by atoms with Crippen LogP contribution in [-0.2, 0) is 6.61 Å². The first-order chi connectivity index (χ1) is 15.4. The number of carbonyl (C=O) groups is 1. The minimum Gasteiger partial charge on any atom is -0.490 e. The molecule has 0 unspecified atom stereocenters. The van der Waals surface area contributed by atoms with Crippen LogP contribution in [0.2, 0.25) is 15.1 Å². The molecule has 1 amide bonds. The Bertz CT molecular complexity index is 1130. The topological polar surface area (TPSA) is 59.9 Å². The van der Waals surface area contributed by atoms with Gasteiger partial charge in [0, 0.05) is 5.02 Å². The molecule has 0 saturated carbocycles. The Hall–Kier alpha value is -2.73. The molecule has 0 radical (unpaired) electrons. The summed E-state index contributed by atoms with van der Waals surface area (Å²) in [4.78, 5) is 12.3. The molecule has 3 aromatic carbocycles. The summed E-state index contributed by atoms with van der Waals surface area (Å²) < 4.78 is 11.6. The Kier molecular flexibility index (Phi) is 8.39. The zero-order chi connectivity index (χ0) is 23.1. The van der Waals surface area contributed by atoms with Crippen LogP contribution < -0.4 is 14.9 Å². The van der Waals surface area contributed by atoms with Gasteiger partial charge in [0.1, 0.15) is 6.61 Å². The van der Waals surface area contributed by atoms with Crippen molar-refractivity contribution >= 4 is 46.9 Å². The van der Waals surface area contributed by atoms with E-state index in [1.165, 1.54) is 6.21 Å². The molecule has 0 bridgehead atoms. The monoisotopic (exact) mass is 490 g/mol. The zero-order valence-electron chi connectivity index (χ0n) is 17.5. The highest BCUT2D eigenvalue weighted by Gasteiger charge is 2.13. The summed E-state index contributed by atoms with van der Waals surface area (Å²) in [7, 11) is 0. The second kappa shape index (κ2) is 11.2. The van der Waals surface area contributed by atoms with E-state index < -0.39 is 5.91 Å². The van der Waals surface area contributed by atoms with Crippen LogP contribution in [0, 0.1) is 6.92 Å².